The van der Waals surface area contributed by atoms with Gasteiger partial charge in [-0.2, -0.15) is 0 Å². The van der Waals surface area contributed by atoms with E-state index in [1.54, 1.807) is 11.1 Å². The highest BCUT2D eigenvalue weighted by Crippen LogP contribution is 2.11. The van der Waals surface area contributed by atoms with E-state index in [0.29, 0.717) is 18.7 Å². The number of carbonyl (C=O) groups is 1. The average molecular weight is 315 g/mol. The molecule has 0 saturated carbocycles. The van der Waals surface area contributed by atoms with Crippen molar-refractivity contribution in [3.05, 3.63) is 69.9 Å². The van der Waals surface area contributed by atoms with Crippen molar-refractivity contribution in [2.45, 2.75) is 6.54 Å². The van der Waals surface area contributed by atoms with Gasteiger partial charge in [-0.1, -0.05) is 6.07 Å². The van der Waals surface area contributed by atoms with Gasteiger partial charge in [0.15, 0.2) is 0 Å². The molecule has 1 fully saturated rings. The van der Waals surface area contributed by atoms with Gasteiger partial charge in [-0.15, -0.1) is 0 Å². The fourth-order valence-electron chi connectivity index (χ4n) is 2.68. The summed E-state index contributed by atoms with van der Waals surface area (Å²) in [5, 5.41) is 0. The van der Waals surface area contributed by atoms with Crippen molar-refractivity contribution in [1.82, 2.24) is 14.8 Å². The number of amides is 1. The van der Waals surface area contributed by atoms with Gasteiger partial charge in [0.05, 0.1) is 0 Å². The van der Waals surface area contributed by atoms with Gasteiger partial charge in [0.2, 0.25) is 5.56 Å². The third-order valence-electron chi connectivity index (χ3n) is 4.01. The minimum Gasteiger partial charge on any atom is -0.336 e. The molecule has 6 heteroatoms. The first-order chi connectivity index (χ1) is 11.1. The molecule has 1 amide bonds. The maximum atomic E-state index is 12.9. The lowest BCUT2D eigenvalue weighted by atomic mass is 10.1. The quantitative estimate of drug-likeness (QED) is 0.933. The van der Waals surface area contributed by atoms with Crippen LogP contribution in [-0.4, -0.2) is 46.9 Å². The zero-order chi connectivity index (χ0) is 16.2. The van der Waals surface area contributed by atoms with Crippen LogP contribution >= 0.6 is 0 Å². The number of rotatable bonds is 3. The number of hydrogen-bond acceptors (Lipinski definition) is 3. The third kappa shape index (κ3) is 3.84. The first-order valence-electron chi connectivity index (χ1n) is 7.56. The summed E-state index contributed by atoms with van der Waals surface area (Å²) in [5.74, 6) is -0.402. The minimum absolute atomic E-state index is 0.0614. The van der Waals surface area contributed by atoms with E-state index in [2.05, 4.69) is 9.88 Å². The fourth-order valence-corrected chi connectivity index (χ4v) is 2.68. The molecule has 2 heterocycles. The Morgan fingerprint density at radius 2 is 1.74 bits per heavy atom. The number of aromatic nitrogens is 1. The van der Waals surface area contributed by atoms with Crippen LogP contribution in [0.25, 0.3) is 0 Å². The van der Waals surface area contributed by atoms with Gasteiger partial charge < -0.3 is 9.88 Å². The molecule has 2 aromatic rings. The molecular weight excluding hydrogens is 297 g/mol. The summed E-state index contributed by atoms with van der Waals surface area (Å²) in [5.41, 5.74) is 1.45. The second kappa shape index (κ2) is 6.75. The van der Waals surface area contributed by atoms with Gasteiger partial charge >= 0.3 is 0 Å². The van der Waals surface area contributed by atoms with Crippen LogP contribution < -0.4 is 5.56 Å². The first-order valence-corrected chi connectivity index (χ1v) is 7.56. The smallest absolute Gasteiger partial charge is 0.253 e. The number of pyridine rings is 1. The molecule has 120 valence electrons. The average Bonchev–Trinajstić information content (AvgIpc) is 2.58. The molecule has 23 heavy (non-hydrogen) atoms. The molecule has 0 spiro atoms. The van der Waals surface area contributed by atoms with Crippen molar-refractivity contribution >= 4 is 5.91 Å². The zero-order valence-electron chi connectivity index (χ0n) is 12.7. The van der Waals surface area contributed by atoms with Crippen molar-refractivity contribution in [1.29, 1.82) is 0 Å². The molecule has 1 aliphatic heterocycles. The number of halogens is 1. The predicted octanol–water partition coefficient (Wildman–Crippen LogP) is 1.47. The van der Waals surface area contributed by atoms with Crippen LogP contribution in [0.5, 0.6) is 0 Å². The normalized spacial score (nSPS) is 15.6. The molecule has 1 aromatic heterocycles. The van der Waals surface area contributed by atoms with E-state index in [1.165, 1.54) is 30.3 Å². The first kappa shape index (κ1) is 15.4. The van der Waals surface area contributed by atoms with Crippen molar-refractivity contribution < 1.29 is 9.18 Å². The maximum absolute atomic E-state index is 12.9. The van der Waals surface area contributed by atoms with Crippen LogP contribution in [0.3, 0.4) is 0 Å². The molecule has 0 bridgehead atoms. The summed E-state index contributed by atoms with van der Waals surface area (Å²) in [4.78, 5) is 30.1. The van der Waals surface area contributed by atoms with Crippen LogP contribution in [0.1, 0.15) is 15.9 Å². The van der Waals surface area contributed by atoms with E-state index in [9.17, 15) is 14.0 Å². The van der Waals surface area contributed by atoms with E-state index >= 15 is 0 Å². The van der Waals surface area contributed by atoms with E-state index in [1.807, 2.05) is 6.07 Å². The Labute approximate surface area is 133 Å². The topological polar surface area (TPSA) is 56.4 Å². The molecule has 1 N–H and O–H groups in total. The highest BCUT2D eigenvalue weighted by molar-refractivity contribution is 5.94. The summed E-state index contributed by atoms with van der Waals surface area (Å²) in [6.07, 6.45) is 1.72. The Bertz CT molecular complexity index is 714. The lowest BCUT2D eigenvalue weighted by Crippen LogP contribution is -2.48. The molecule has 1 saturated heterocycles. The molecule has 0 aliphatic carbocycles. The number of nitrogens with one attached hydrogen (secondary N) is 1. The second-order valence-corrected chi connectivity index (χ2v) is 5.64. The van der Waals surface area contributed by atoms with Gasteiger partial charge in [-0.25, -0.2) is 4.39 Å². The van der Waals surface area contributed by atoms with Gasteiger partial charge in [-0.05, 0) is 29.8 Å². The van der Waals surface area contributed by atoms with Crippen LogP contribution in [0.15, 0.2) is 47.4 Å². The predicted molar refractivity (Wildman–Crippen MR) is 84.6 cm³/mol. The third-order valence-corrected chi connectivity index (χ3v) is 4.01. The number of benzene rings is 1. The zero-order valence-corrected chi connectivity index (χ0v) is 12.7. The van der Waals surface area contributed by atoms with Crippen LogP contribution in [0, 0.1) is 5.82 Å². The highest BCUT2D eigenvalue weighted by atomic mass is 19.1. The molecule has 5 nitrogen and oxygen atoms in total. The molecule has 1 aliphatic rings. The summed E-state index contributed by atoms with van der Waals surface area (Å²) in [6.45, 7) is 3.56. The summed E-state index contributed by atoms with van der Waals surface area (Å²) < 4.78 is 12.9. The molecule has 0 unspecified atom stereocenters. The van der Waals surface area contributed by atoms with Gasteiger partial charge in [0.25, 0.3) is 5.91 Å². The van der Waals surface area contributed by atoms with E-state index in [-0.39, 0.29) is 17.3 Å². The Morgan fingerprint density at radius 3 is 2.35 bits per heavy atom. The largest absolute Gasteiger partial charge is 0.336 e. The summed E-state index contributed by atoms with van der Waals surface area (Å²) >= 11 is 0. The van der Waals surface area contributed by atoms with E-state index in [0.717, 1.165) is 25.2 Å². The standard InChI is InChI=1S/C17H18FN3O2/c18-15-4-2-14(3-5-15)17(23)21-9-7-20(8-10-21)12-13-1-6-16(22)19-11-13/h1-6,11H,7-10,12H2,(H,19,22). The lowest BCUT2D eigenvalue weighted by Gasteiger charge is -2.34. The van der Waals surface area contributed by atoms with Crippen molar-refractivity contribution in [2.24, 2.45) is 0 Å². The number of nitrogens with zero attached hydrogens (tertiary/aromatic N) is 2. The van der Waals surface area contributed by atoms with Crippen LogP contribution in [-0.2, 0) is 6.54 Å². The lowest BCUT2D eigenvalue weighted by molar-refractivity contribution is 0.0628. The van der Waals surface area contributed by atoms with Crippen molar-refractivity contribution in [3.8, 4) is 0 Å². The summed E-state index contributed by atoms with van der Waals surface area (Å²) in [7, 11) is 0. The van der Waals surface area contributed by atoms with E-state index < -0.39 is 0 Å². The fraction of sp³-hybridized carbons (Fsp3) is 0.294. The number of aromatic amines is 1. The molecule has 0 atom stereocenters. The SMILES string of the molecule is O=C(c1ccc(F)cc1)N1CCN(Cc2ccc(=O)[nH]c2)CC1. The highest BCUT2D eigenvalue weighted by Gasteiger charge is 2.22. The molecule has 3 rings (SSSR count). The van der Waals surface area contributed by atoms with Gasteiger partial charge in [-0.3, -0.25) is 14.5 Å². The van der Waals surface area contributed by atoms with Crippen molar-refractivity contribution in [3.63, 3.8) is 0 Å². The van der Waals surface area contributed by atoms with Gasteiger partial charge in [0.1, 0.15) is 5.82 Å². The Balaban J connectivity index is 1.55. The molecule has 0 radical (unpaired) electrons. The monoisotopic (exact) mass is 315 g/mol. The Hall–Kier alpha value is -2.47. The number of hydrogen-bond donors (Lipinski definition) is 1. The number of carbonyl (C=O) groups excluding carboxylic acids is 1. The van der Waals surface area contributed by atoms with Gasteiger partial charge in [0, 0.05) is 50.6 Å². The Morgan fingerprint density at radius 1 is 1.04 bits per heavy atom. The van der Waals surface area contributed by atoms with Crippen molar-refractivity contribution in [2.75, 3.05) is 26.2 Å². The minimum atomic E-state index is -0.340. The van der Waals surface area contributed by atoms with Crippen LogP contribution in [0.2, 0.25) is 0 Å². The molecule has 1 aromatic carbocycles. The molecular formula is C17H18FN3O2. The Kier molecular flexibility index (Phi) is 4.52. The second-order valence-electron chi connectivity index (χ2n) is 5.64. The van der Waals surface area contributed by atoms with E-state index in [4.69, 9.17) is 0 Å². The number of piperazine rings is 1. The maximum Gasteiger partial charge on any atom is 0.253 e. The summed E-state index contributed by atoms with van der Waals surface area (Å²) in [6, 6.07) is 8.98. The van der Waals surface area contributed by atoms with Crippen LogP contribution in [0.4, 0.5) is 4.39 Å². The number of H-pyrrole nitrogens is 1.